The molecule has 1 aromatic carbocycles. The van der Waals surface area contributed by atoms with Gasteiger partial charge in [0.1, 0.15) is 11.6 Å². The number of hydrogen-bond donors (Lipinski definition) is 1. The lowest BCUT2D eigenvalue weighted by Crippen LogP contribution is -2.10. The maximum Gasteiger partial charge on any atom is 0.145 e. The zero-order valence-electron chi connectivity index (χ0n) is 13.3. The maximum atomic E-state index is 13.1. The van der Waals surface area contributed by atoms with Crippen LogP contribution in [0.15, 0.2) is 42.9 Å². The molecule has 3 aromatic rings. The van der Waals surface area contributed by atoms with E-state index in [0.717, 1.165) is 28.5 Å². The minimum atomic E-state index is -0.258. The highest BCUT2D eigenvalue weighted by molar-refractivity contribution is 5.40. The SMILES string of the molecule is Cc1cncc(NC(C)c2cnn(-c3ccc(F)cc3)c2C)n1. The van der Waals surface area contributed by atoms with Crippen LogP contribution in [0.25, 0.3) is 5.69 Å². The van der Waals surface area contributed by atoms with Gasteiger partial charge in [-0.1, -0.05) is 0 Å². The fraction of sp³-hybridized carbons (Fsp3) is 0.235. The van der Waals surface area contributed by atoms with Crippen LogP contribution >= 0.6 is 0 Å². The monoisotopic (exact) mass is 311 g/mol. The molecule has 0 bridgehead atoms. The highest BCUT2D eigenvalue weighted by Crippen LogP contribution is 2.23. The Bertz CT molecular complexity index is 810. The third-order valence-electron chi connectivity index (χ3n) is 3.70. The Morgan fingerprint density at radius 1 is 1.09 bits per heavy atom. The van der Waals surface area contributed by atoms with Crippen molar-refractivity contribution in [2.75, 3.05) is 5.32 Å². The number of nitrogens with zero attached hydrogens (tertiary/aromatic N) is 4. The normalized spacial score (nSPS) is 12.2. The van der Waals surface area contributed by atoms with Crippen LogP contribution in [0, 0.1) is 19.7 Å². The molecule has 2 heterocycles. The van der Waals surface area contributed by atoms with Crippen LogP contribution in [0.1, 0.15) is 29.9 Å². The Morgan fingerprint density at radius 3 is 2.52 bits per heavy atom. The zero-order chi connectivity index (χ0) is 16.4. The van der Waals surface area contributed by atoms with Crippen LogP contribution in [0.5, 0.6) is 0 Å². The van der Waals surface area contributed by atoms with Crippen molar-refractivity contribution < 1.29 is 4.39 Å². The molecule has 0 aliphatic heterocycles. The van der Waals surface area contributed by atoms with Crippen LogP contribution in [0.2, 0.25) is 0 Å². The highest BCUT2D eigenvalue weighted by Gasteiger charge is 2.15. The quantitative estimate of drug-likeness (QED) is 0.800. The molecule has 0 radical (unpaired) electrons. The summed E-state index contributed by atoms with van der Waals surface area (Å²) in [5.74, 6) is 0.471. The number of aromatic nitrogens is 4. The van der Waals surface area contributed by atoms with Crippen molar-refractivity contribution in [1.29, 1.82) is 0 Å². The second-order valence-electron chi connectivity index (χ2n) is 5.49. The van der Waals surface area contributed by atoms with Gasteiger partial charge in [0.2, 0.25) is 0 Å². The molecule has 0 amide bonds. The van der Waals surface area contributed by atoms with Crippen molar-refractivity contribution in [3.05, 3.63) is 65.6 Å². The van der Waals surface area contributed by atoms with E-state index in [0.29, 0.717) is 0 Å². The minimum Gasteiger partial charge on any atom is -0.362 e. The number of halogens is 1. The van der Waals surface area contributed by atoms with Gasteiger partial charge in [-0.3, -0.25) is 4.98 Å². The molecule has 1 unspecified atom stereocenters. The van der Waals surface area contributed by atoms with Gasteiger partial charge >= 0.3 is 0 Å². The summed E-state index contributed by atoms with van der Waals surface area (Å²) in [5, 5.41) is 7.74. The summed E-state index contributed by atoms with van der Waals surface area (Å²) in [6.45, 7) is 5.94. The predicted octanol–water partition coefficient (Wildman–Crippen LogP) is 3.59. The lowest BCUT2D eigenvalue weighted by molar-refractivity contribution is 0.627. The number of anilines is 1. The standard InChI is InChI=1S/C17H18FN5/c1-11-8-19-10-17(21-11)22-12(2)16-9-20-23(13(16)3)15-6-4-14(18)5-7-15/h4-10,12H,1-3H3,(H,21,22). The number of aryl methyl sites for hydroxylation is 1. The van der Waals surface area contributed by atoms with Gasteiger partial charge in [0.05, 0.1) is 29.8 Å². The molecule has 0 saturated heterocycles. The van der Waals surface area contributed by atoms with E-state index in [9.17, 15) is 4.39 Å². The largest absolute Gasteiger partial charge is 0.362 e. The van der Waals surface area contributed by atoms with E-state index >= 15 is 0 Å². The van der Waals surface area contributed by atoms with Gasteiger partial charge in [-0.2, -0.15) is 5.10 Å². The molecule has 118 valence electrons. The summed E-state index contributed by atoms with van der Waals surface area (Å²) in [6.07, 6.45) is 5.23. The molecule has 5 nitrogen and oxygen atoms in total. The fourth-order valence-electron chi connectivity index (χ4n) is 2.52. The molecule has 0 saturated carbocycles. The van der Waals surface area contributed by atoms with Crippen LogP contribution in [-0.2, 0) is 0 Å². The van der Waals surface area contributed by atoms with E-state index in [-0.39, 0.29) is 11.9 Å². The van der Waals surface area contributed by atoms with Gasteiger partial charge in [-0.05, 0) is 45.0 Å². The van der Waals surface area contributed by atoms with E-state index in [1.807, 2.05) is 27.0 Å². The summed E-state index contributed by atoms with van der Waals surface area (Å²) in [5.41, 5.74) is 3.74. The summed E-state index contributed by atoms with van der Waals surface area (Å²) in [7, 11) is 0. The molecular formula is C17H18FN5. The summed E-state index contributed by atoms with van der Waals surface area (Å²) in [6, 6.07) is 6.31. The summed E-state index contributed by atoms with van der Waals surface area (Å²) < 4.78 is 14.9. The van der Waals surface area contributed by atoms with Crippen LogP contribution in [-0.4, -0.2) is 19.7 Å². The smallest absolute Gasteiger partial charge is 0.145 e. The number of nitrogens with one attached hydrogen (secondary N) is 1. The van der Waals surface area contributed by atoms with E-state index in [2.05, 4.69) is 20.4 Å². The number of rotatable bonds is 4. The van der Waals surface area contributed by atoms with Gasteiger partial charge in [-0.15, -0.1) is 0 Å². The molecule has 0 aliphatic carbocycles. The average molecular weight is 311 g/mol. The first kappa shape index (κ1) is 15.1. The predicted molar refractivity (Wildman–Crippen MR) is 87.1 cm³/mol. The third-order valence-corrected chi connectivity index (χ3v) is 3.70. The topological polar surface area (TPSA) is 55.6 Å². The minimum absolute atomic E-state index is 0.0281. The second kappa shape index (κ2) is 6.16. The first-order valence-electron chi connectivity index (χ1n) is 7.40. The van der Waals surface area contributed by atoms with Gasteiger partial charge < -0.3 is 5.32 Å². The Balaban J connectivity index is 1.85. The lowest BCUT2D eigenvalue weighted by atomic mass is 10.1. The Morgan fingerprint density at radius 2 is 1.83 bits per heavy atom. The van der Waals surface area contributed by atoms with Crippen molar-refractivity contribution in [1.82, 2.24) is 19.7 Å². The van der Waals surface area contributed by atoms with Gasteiger partial charge in [0.15, 0.2) is 0 Å². The molecule has 3 rings (SSSR count). The van der Waals surface area contributed by atoms with E-state index in [1.54, 1.807) is 29.2 Å². The van der Waals surface area contributed by atoms with Crippen molar-refractivity contribution >= 4 is 5.82 Å². The Labute approximate surface area is 134 Å². The average Bonchev–Trinajstić information content (AvgIpc) is 2.90. The molecule has 1 N–H and O–H groups in total. The first-order valence-corrected chi connectivity index (χ1v) is 7.40. The molecule has 0 aliphatic rings. The van der Waals surface area contributed by atoms with Crippen LogP contribution < -0.4 is 5.32 Å². The molecule has 6 heteroatoms. The fourth-order valence-corrected chi connectivity index (χ4v) is 2.52. The molecule has 0 spiro atoms. The van der Waals surface area contributed by atoms with Crippen molar-refractivity contribution in [3.8, 4) is 5.69 Å². The molecule has 1 atom stereocenters. The third kappa shape index (κ3) is 3.21. The highest BCUT2D eigenvalue weighted by atomic mass is 19.1. The Hall–Kier alpha value is -2.76. The maximum absolute atomic E-state index is 13.1. The van der Waals surface area contributed by atoms with Crippen molar-refractivity contribution in [2.24, 2.45) is 0 Å². The van der Waals surface area contributed by atoms with Crippen molar-refractivity contribution in [2.45, 2.75) is 26.8 Å². The Kier molecular flexibility index (Phi) is 4.06. The van der Waals surface area contributed by atoms with Crippen LogP contribution in [0.4, 0.5) is 10.2 Å². The first-order chi connectivity index (χ1) is 11.0. The van der Waals surface area contributed by atoms with Crippen molar-refractivity contribution in [3.63, 3.8) is 0 Å². The molecular weight excluding hydrogens is 293 g/mol. The number of hydrogen-bond acceptors (Lipinski definition) is 4. The van der Waals surface area contributed by atoms with Gasteiger partial charge in [0.25, 0.3) is 0 Å². The van der Waals surface area contributed by atoms with E-state index in [4.69, 9.17) is 0 Å². The van der Waals surface area contributed by atoms with E-state index in [1.165, 1.54) is 12.1 Å². The molecule has 2 aromatic heterocycles. The summed E-state index contributed by atoms with van der Waals surface area (Å²) in [4.78, 5) is 8.53. The lowest BCUT2D eigenvalue weighted by Gasteiger charge is -2.14. The summed E-state index contributed by atoms with van der Waals surface area (Å²) >= 11 is 0. The molecule has 23 heavy (non-hydrogen) atoms. The molecule has 0 fully saturated rings. The second-order valence-corrected chi connectivity index (χ2v) is 5.49. The van der Waals surface area contributed by atoms with Gasteiger partial charge in [0, 0.05) is 17.5 Å². The van der Waals surface area contributed by atoms with Crippen LogP contribution in [0.3, 0.4) is 0 Å². The number of benzene rings is 1. The van der Waals surface area contributed by atoms with E-state index < -0.39 is 0 Å². The zero-order valence-corrected chi connectivity index (χ0v) is 13.3. The van der Waals surface area contributed by atoms with Gasteiger partial charge in [-0.25, -0.2) is 14.1 Å².